The predicted octanol–water partition coefficient (Wildman–Crippen LogP) is 9.06. The minimum atomic E-state index is -2.28. The topological polar surface area (TPSA) is 101 Å². The number of pyridine rings is 1. The molecule has 1 aliphatic heterocycles. The molecule has 0 radical (unpaired) electrons. The van der Waals surface area contributed by atoms with Crippen molar-refractivity contribution in [3.63, 3.8) is 0 Å². The fraction of sp³-hybridized carbons (Fsp3) is 0.568. The minimum Gasteiger partial charge on any atom is -0.444 e. The number of aromatic nitrogens is 3. The van der Waals surface area contributed by atoms with Gasteiger partial charge in [0.05, 0.1) is 29.6 Å². The van der Waals surface area contributed by atoms with E-state index in [9.17, 15) is 9.59 Å². The highest BCUT2D eigenvalue weighted by Gasteiger charge is 2.48. The van der Waals surface area contributed by atoms with Crippen molar-refractivity contribution in [2.75, 3.05) is 7.05 Å². The molecule has 3 aromatic rings. The van der Waals surface area contributed by atoms with Gasteiger partial charge in [-0.2, -0.15) is 5.10 Å². The molecule has 1 aromatic carbocycles. The van der Waals surface area contributed by atoms with Crippen molar-refractivity contribution in [1.82, 2.24) is 25.0 Å². The van der Waals surface area contributed by atoms with E-state index in [1.807, 2.05) is 76.0 Å². The van der Waals surface area contributed by atoms with Gasteiger partial charge >= 0.3 is 6.09 Å². The van der Waals surface area contributed by atoms with Crippen molar-refractivity contribution in [2.45, 2.75) is 129 Å². The zero-order valence-corrected chi connectivity index (χ0v) is 32.3. The number of hydrogen-bond donors (Lipinski definition) is 1. The molecule has 0 aliphatic carbocycles. The van der Waals surface area contributed by atoms with Crippen LogP contribution in [0.1, 0.15) is 113 Å². The Morgan fingerprint density at radius 3 is 2.27 bits per heavy atom. The maximum Gasteiger partial charge on any atom is 0.410 e. The van der Waals surface area contributed by atoms with Crippen LogP contribution in [0, 0.1) is 6.92 Å². The summed E-state index contributed by atoms with van der Waals surface area (Å²) >= 11 is 6.19. The van der Waals surface area contributed by atoms with Gasteiger partial charge in [0, 0.05) is 30.4 Å². The van der Waals surface area contributed by atoms with Crippen molar-refractivity contribution in [3.05, 3.63) is 81.9 Å². The van der Waals surface area contributed by atoms with Gasteiger partial charge in [0.25, 0.3) is 5.91 Å². The Morgan fingerprint density at radius 2 is 1.75 bits per heavy atom. The molecule has 1 aliphatic rings. The molecule has 0 bridgehead atoms. The molecular weight excluding hydrogens is 642 g/mol. The molecule has 4 unspecified atom stereocenters. The molecule has 3 heterocycles. The third-order valence-electron chi connectivity index (χ3n) is 9.74. The lowest BCUT2D eigenvalue weighted by Gasteiger charge is -2.43. The van der Waals surface area contributed by atoms with Crippen LogP contribution in [0.3, 0.4) is 0 Å². The van der Waals surface area contributed by atoms with E-state index in [2.05, 4.69) is 56.0 Å². The van der Waals surface area contributed by atoms with E-state index in [4.69, 9.17) is 20.8 Å². The molecule has 262 valence electrons. The van der Waals surface area contributed by atoms with Gasteiger partial charge < -0.3 is 14.1 Å². The summed E-state index contributed by atoms with van der Waals surface area (Å²) in [5.74, 6) is -0.0563. The second-order valence-corrected chi connectivity index (χ2v) is 20.7. The molecule has 9 nitrogen and oxygen atoms in total. The van der Waals surface area contributed by atoms with Gasteiger partial charge in [-0.3, -0.25) is 14.8 Å². The van der Waals surface area contributed by atoms with Gasteiger partial charge in [-0.1, -0.05) is 57.5 Å². The van der Waals surface area contributed by atoms with E-state index in [0.717, 1.165) is 41.8 Å². The fourth-order valence-electron chi connectivity index (χ4n) is 6.14. The first kappa shape index (κ1) is 37.6. The van der Waals surface area contributed by atoms with Gasteiger partial charge in [0.15, 0.2) is 8.32 Å². The van der Waals surface area contributed by atoms with Crippen LogP contribution in [0.4, 0.5) is 4.79 Å². The minimum absolute atomic E-state index is 0.0401. The Bertz CT molecular complexity index is 1550. The highest BCUT2D eigenvalue weighted by Crippen LogP contribution is 2.44. The number of rotatable bonds is 10. The Kier molecular flexibility index (Phi) is 11.5. The summed E-state index contributed by atoms with van der Waals surface area (Å²) in [5.41, 5.74) is 3.70. The summed E-state index contributed by atoms with van der Waals surface area (Å²) in [7, 11) is -0.448. The number of H-pyrrole nitrogens is 1. The van der Waals surface area contributed by atoms with Crippen LogP contribution in [0.25, 0.3) is 0 Å². The van der Waals surface area contributed by atoms with Gasteiger partial charge in [-0.15, -0.1) is 0 Å². The predicted molar refractivity (Wildman–Crippen MR) is 194 cm³/mol. The number of benzene rings is 1. The maximum atomic E-state index is 14.0. The lowest BCUT2D eigenvalue weighted by Crippen LogP contribution is -2.50. The normalized spacial score (nSPS) is 18.5. The highest BCUT2D eigenvalue weighted by atomic mass is 35.5. The van der Waals surface area contributed by atoms with E-state index in [-0.39, 0.29) is 35.2 Å². The third kappa shape index (κ3) is 8.87. The number of nitrogens with zero attached hydrogens (tertiary/aromatic N) is 4. The summed E-state index contributed by atoms with van der Waals surface area (Å²) in [6.45, 7) is 20.8. The van der Waals surface area contributed by atoms with E-state index < -0.39 is 20.0 Å². The quantitative estimate of drug-likeness (QED) is 0.168. The summed E-state index contributed by atoms with van der Waals surface area (Å²) in [6.07, 6.45) is 3.94. The number of likely N-dealkylation sites (tertiary alicyclic amines) is 1. The molecule has 4 atom stereocenters. The second kappa shape index (κ2) is 14.7. The fourth-order valence-corrected chi connectivity index (χ4v) is 7.54. The molecule has 48 heavy (non-hydrogen) atoms. The molecule has 0 spiro atoms. The van der Waals surface area contributed by atoms with Crippen LogP contribution in [-0.2, 0) is 15.6 Å². The monoisotopic (exact) mass is 695 g/mol. The Balaban J connectivity index is 1.61. The van der Waals surface area contributed by atoms with E-state index >= 15 is 0 Å². The second-order valence-electron chi connectivity index (χ2n) is 15.6. The maximum absolute atomic E-state index is 14.0. The van der Waals surface area contributed by atoms with Crippen molar-refractivity contribution in [3.8, 4) is 0 Å². The number of ether oxygens (including phenoxy) is 1. The average Bonchev–Trinajstić information content (AvgIpc) is 3.61. The zero-order valence-electron chi connectivity index (χ0n) is 30.6. The Labute approximate surface area is 292 Å². The van der Waals surface area contributed by atoms with Crippen LogP contribution in [0.5, 0.6) is 0 Å². The summed E-state index contributed by atoms with van der Waals surface area (Å²) < 4.78 is 13.1. The van der Waals surface area contributed by atoms with Crippen molar-refractivity contribution < 1.29 is 18.8 Å². The van der Waals surface area contributed by atoms with Gasteiger partial charge in [0.2, 0.25) is 0 Å². The highest BCUT2D eigenvalue weighted by molar-refractivity contribution is 6.74. The van der Waals surface area contributed by atoms with Crippen molar-refractivity contribution >= 4 is 31.9 Å². The molecular formula is C37H54ClN5O4Si. The number of aromatic amines is 1. The first-order chi connectivity index (χ1) is 22.3. The van der Waals surface area contributed by atoms with Gasteiger partial charge in [-0.25, -0.2) is 9.78 Å². The Morgan fingerprint density at radius 1 is 1.08 bits per heavy atom. The number of halogens is 1. The largest absolute Gasteiger partial charge is 0.444 e. The van der Waals surface area contributed by atoms with Crippen molar-refractivity contribution in [1.29, 1.82) is 0 Å². The lowest BCUT2D eigenvalue weighted by atomic mass is 10.0. The lowest BCUT2D eigenvalue weighted by molar-refractivity contribution is -0.00244. The number of amides is 2. The molecule has 2 aromatic heterocycles. The van der Waals surface area contributed by atoms with Crippen molar-refractivity contribution in [2.24, 2.45) is 0 Å². The number of aryl methyl sites for hydroxylation is 1. The van der Waals surface area contributed by atoms with Crippen LogP contribution in [0.15, 0.2) is 48.7 Å². The third-order valence-corrected chi connectivity index (χ3v) is 14.4. The van der Waals surface area contributed by atoms with E-state index in [1.54, 1.807) is 17.2 Å². The van der Waals surface area contributed by atoms with E-state index in [0.29, 0.717) is 17.1 Å². The number of nitrogens with one attached hydrogen (secondary N) is 1. The summed E-state index contributed by atoms with van der Waals surface area (Å²) in [4.78, 5) is 35.6. The number of carbonyl (C=O) groups is 2. The molecule has 1 saturated heterocycles. The molecule has 1 N–H and O–H groups in total. The van der Waals surface area contributed by atoms with E-state index in [1.165, 1.54) is 0 Å². The SMILES string of the molecule is CCC(c1cc(C)n[nH]1)N(C)C(=O)c1ccc(CC2CCC(C(O[Si](C)(C)C(C)(C)C)c3ccc(Cl)nc3)N2C(=O)OC(C)(C)C)cc1. The molecule has 2 amide bonds. The molecule has 1 fully saturated rings. The first-order valence-corrected chi connectivity index (χ1v) is 20.3. The number of hydrogen-bond acceptors (Lipinski definition) is 6. The summed E-state index contributed by atoms with van der Waals surface area (Å²) in [5, 5.41) is 7.68. The van der Waals surface area contributed by atoms with Crippen LogP contribution < -0.4 is 0 Å². The standard InChI is InChI=1S/C37H54ClN5O4Si/c1-12-30(29-21-24(2)40-41-29)42(9)34(44)26-15-13-25(14-16-26)22-28-18-19-31(43(28)35(45)46-36(3,4)5)33(27-17-20-32(38)39-23-27)47-48(10,11)37(6,7)8/h13-17,20-21,23,28,30-31,33H,12,18-19,22H2,1-11H3,(H,40,41). The first-order valence-electron chi connectivity index (χ1n) is 17.0. The van der Waals surface area contributed by atoms with Crippen LogP contribution in [0.2, 0.25) is 23.3 Å². The average molecular weight is 696 g/mol. The molecule has 4 rings (SSSR count). The summed E-state index contributed by atoms with van der Waals surface area (Å²) in [6, 6.07) is 13.0. The number of carbonyl (C=O) groups excluding carboxylic acids is 2. The van der Waals surface area contributed by atoms with Gasteiger partial charge in [0.1, 0.15) is 10.8 Å². The Hall–Kier alpha value is -3.21. The molecule has 11 heteroatoms. The van der Waals surface area contributed by atoms with Gasteiger partial charge in [-0.05, 0) is 101 Å². The molecule has 0 saturated carbocycles. The van der Waals surface area contributed by atoms with Crippen LogP contribution >= 0.6 is 11.6 Å². The zero-order chi connectivity index (χ0) is 35.6. The van der Waals surface area contributed by atoms with Crippen LogP contribution in [-0.4, -0.2) is 70.0 Å². The smallest absolute Gasteiger partial charge is 0.410 e.